The van der Waals surface area contributed by atoms with Crippen LogP contribution in [-0.4, -0.2) is 38.2 Å². The van der Waals surface area contributed by atoms with Crippen LogP contribution >= 0.6 is 0 Å². The van der Waals surface area contributed by atoms with Crippen molar-refractivity contribution in [2.45, 2.75) is 25.4 Å². The molecule has 0 spiro atoms. The normalized spacial score (nSPS) is 17.8. The molecule has 1 aliphatic rings. The maximum absolute atomic E-state index is 12.1. The minimum atomic E-state index is -0.195. The van der Waals surface area contributed by atoms with Crippen molar-refractivity contribution in [2.24, 2.45) is 7.05 Å². The molecule has 3 heterocycles. The number of nitrogens with one attached hydrogen (secondary N) is 3. The second-order valence-electron chi connectivity index (χ2n) is 5.03. The second-order valence-corrected chi connectivity index (χ2v) is 5.03. The van der Waals surface area contributed by atoms with E-state index in [-0.39, 0.29) is 11.9 Å². The van der Waals surface area contributed by atoms with Crippen molar-refractivity contribution in [2.75, 3.05) is 6.54 Å². The summed E-state index contributed by atoms with van der Waals surface area (Å²) in [6.07, 6.45) is 6.88. The number of fused-ring (bicyclic) bond motifs is 1. The number of imidazole rings is 1. The Morgan fingerprint density at radius 3 is 3.30 bits per heavy atom. The van der Waals surface area contributed by atoms with Gasteiger partial charge in [0.05, 0.1) is 30.0 Å². The third-order valence-electron chi connectivity index (χ3n) is 3.52. The molecule has 0 bridgehead atoms. The monoisotopic (exact) mass is 274 g/mol. The van der Waals surface area contributed by atoms with Crippen molar-refractivity contribution in [3.63, 3.8) is 0 Å². The quantitative estimate of drug-likeness (QED) is 0.702. The zero-order valence-corrected chi connectivity index (χ0v) is 11.4. The number of aromatic nitrogens is 4. The van der Waals surface area contributed by atoms with Crippen LogP contribution in [0.15, 0.2) is 18.7 Å². The average Bonchev–Trinajstić information content (AvgIpc) is 3.06. The SMILES string of the molecule is Cn1cc(CCNC(=O)C2Cc3nc[nH]c3CN2)cn1. The van der Waals surface area contributed by atoms with E-state index < -0.39 is 0 Å². The number of amides is 1. The zero-order valence-electron chi connectivity index (χ0n) is 11.4. The molecule has 7 heteroatoms. The van der Waals surface area contributed by atoms with E-state index in [0.717, 1.165) is 23.4 Å². The van der Waals surface area contributed by atoms with Gasteiger partial charge in [-0.05, 0) is 12.0 Å². The lowest BCUT2D eigenvalue weighted by molar-refractivity contribution is -0.123. The van der Waals surface area contributed by atoms with Crippen molar-refractivity contribution in [1.29, 1.82) is 0 Å². The number of aromatic amines is 1. The van der Waals surface area contributed by atoms with Gasteiger partial charge in [0.2, 0.25) is 5.91 Å². The highest BCUT2D eigenvalue weighted by Crippen LogP contribution is 2.12. The Morgan fingerprint density at radius 1 is 1.60 bits per heavy atom. The van der Waals surface area contributed by atoms with Crippen LogP contribution in [0.5, 0.6) is 0 Å². The number of aryl methyl sites for hydroxylation is 1. The Morgan fingerprint density at radius 2 is 2.50 bits per heavy atom. The summed E-state index contributed by atoms with van der Waals surface area (Å²) in [5, 5.41) is 10.3. The standard InChI is InChI=1S/C13H18N6O/c1-19-7-9(5-18-19)2-3-14-13(20)11-4-10-12(6-15-11)17-8-16-10/h5,7-8,11,15H,2-4,6H2,1H3,(H,14,20)(H,16,17). The predicted octanol–water partition coefficient (Wildman–Crippen LogP) is -0.484. The van der Waals surface area contributed by atoms with E-state index in [9.17, 15) is 4.79 Å². The van der Waals surface area contributed by atoms with Crippen molar-refractivity contribution in [3.8, 4) is 0 Å². The fourth-order valence-electron chi connectivity index (χ4n) is 2.41. The van der Waals surface area contributed by atoms with E-state index in [1.54, 1.807) is 11.0 Å². The molecule has 1 atom stereocenters. The van der Waals surface area contributed by atoms with Crippen LogP contribution in [0.2, 0.25) is 0 Å². The maximum Gasteiger partial charge on any atom is 0.237 e. The summed E-state index contributed by atoms with van der Waals surface area (Å²) in [5.41, 5.74) is 3.18. The third kappa shape index (κ3) is 2.72. The predicted molar refractivity (Wildman–Crippen MR) is 72.8 cm³/mol. The summed E-state index contributed by atoms with van der Waals surface area (Å²) in [7, 11) is 1.88. The van der Waals surface area contributed by atoms with Crippen LogP contribution in [0.4, 0.5) is 0 Å². The van der Waals surface area contributed by atoms with Gasteiger partial charge in [-0.1, -0.05) is 0 Å². The fourth-order valence-corrected chi connectivity index (χ4v) is 2.41. The molecule has 0 saturated carbocycles. The molecule has 2 aromatic rings. The van der Waals surface area contributed by atoms with Crippen LogP contribution in [-0.2, 0) is 31.2 Å². The smallest absolute Gasteiger partial charge is 0.237 e. The molecule has 106 valence electrons. The average molecular weight is 274 g/mol. The van der Waals surface area contributed by atoms with Gasteiger partial charge < -0.3 is 10.3 Å². The lowest BCUT2D eigenvalue weighted by Gasteiger charge is -2.22. The molecule has 0 aromatic carbocycles. The molecule has 3 N–H and O–H groups in total. The Kier molecular flexibility index (Phi) is 3.51. The Balaban J connectivity index is 1.48. The Labute approximate surface area is 116 Å². The number of H-pyrrole nitrogens is 1. The van der Waals surface area contributed by atoms with Crippen LogP contribution in [0.1, 0.15) is 17.0 Å². The molecule has 3 rings (SSSR count). The van der Waals surface area contributed by atoms with E-state index in [1.165, 1.54) is 0 Å². The van der Waals surface area contributed by atoms with Crippen molar-refractivity contribution >= 4 is 5.91 Å². The minimum absolute atomic E-state index is 0.0301. The first-order valence-electron chi connectivity index (χ1n) is 6.72. The topological polar surface area (TPSA) is 87.6 Å². The molecule has 20 heavy (non-hydrogen) atoms. The van der Waals surface area contributed by atoms with Crippen LogP contribution in [0, 0.1) is 0 Å². The minimum Gasteiger partial charge on any atom is -0.354 e. The number of carbonyl (C=O) groups is 1. The summed E-state index contributed by atoms with van der Waals surface area (Å²) < 4.78 is 1.76. The van der Waals surface area contributed by atoms with E-state index in [4.69, 9.17) is 0 Å². The molecule has 2 aromatic heterocycles. The van der Waals surface area contributed by atoms with Gasteiger partial charge in [-0.25, -0.2) is 4.98 Å². The van der Waals surface area contributed by atoms with Gasteiger partial charge in [-0.3, -0.25) is 14.8 Å². The largest absolute Gasteiger partial charge is 0.354 e. The molecule has 0 saturated heterocycles. The van der Waals surface area contributed by atoms with Gasteiger partial charge in [0, 0.05) is 32.8 Å². The van der Waals surface area contributed by atoms with Gasteiger partial charge in [-0.15, -0.1) is 0 Å². The molecule has 7 nitrogen and oxygen atoms in total. The van der Waals surface area contributed by atoms with Crippen LogP contribution in [0.25, 0.3) is 0 Å². The summed E-state index contributed by atoms with van der Waals surface area (Å²) in [5.74, 6) is 0.0301. The Bertz CT molecular complexity index is 602. The zero-order chi connectivity index (χ0) is 13.9. The first kappa shape index (κ1) is 12.9. The van der Waals surface area contributed by atoms with E-state index in [2.05, 4.69) is 25.7 Å². The Hall–Kier alpha value is -2.15. The summed E-state index contributed by atoms with van der Waals surface area (Å²) in [6, 6.07) is -0.195. The number of nitrogens with zero attached hydrogens (tertiary/aromatic N) is 3. The highest BCUT2D eigenvalue weighted by Gasteiger charge is 2.25. The first-order valence-corrected chi connectivity index (χ1v) is 6.72. The number of hydrogen-bond acceptors (Lipinski definition) is 4. The lowest BCUT2D eigenvalue weighted by atomic mass is 10.0. The first-order chi connectivity index (χ1) is 9.72. The van der Waals surface area contributed by atoms with Crippen molar-refractivity contribution < 1.29 is 4.79 Å². The second kappa shape index (κ2) is 5.46. The van der Waals surface area contributed by atoms with Crippen LogP contribution < -0.4 is 10.6 Å². The molecule has 0 fully saturated rings. The molecular formula is C13H18N6O. The summed E-state index contributed by atoms with van der Waals surface area (Å²) in [6.45, 7) is 1.28. The van der Waals surface area contributed by atoms with Crippen molar-refractivity contribution in [3.05, 3.63) is 35.7 Å². The molecule has 0 aliphatic carbocycles. The van der Waals surface area contributed by atoms with Gasteiger partial charge >= 0.3 is 0 Å². The number of carbonyl (C=O) groups excluding carboxylic acids is 1. The molecular weight excluding hydrogens is 256 g/mol. The number of hydrogen-bond donors (Lipinski definition) is 3. The van der Waals surface area contributed by atoms with Gasteiger partial charge in [0.15, 0.2) is 0 Å². The molecule has 1 unspecified atom stereocenters. The third-order valence-corrected chi connectivity index (χ3v) is 3.52. The highest BCUT2D eigenvalue weighted by atomic mass is 16.2. The van der Waals surface area contributed by atoms with Crippen molar-refractivity contribution in [1.82, 2.24) is 30.4 Å². The summed E-state index contributed by atoms with van der Waals surface area (Å²) in [4.78, 5) is 19.4. The van der Waals surface area contributed by atoms with E-state index in [1.807, 2.05) is 19.4 Å². The number of rotatable bonds is 4. The van der Waals surface area contributed by atoms with E-state index >= 15 is 0 Å². The maximum atomic E-state index is 12.1. The van der Waals surface area contributed by atoms with Crippen LogP contribution in [0.3, 0.4) is 0 Å². The van der Waals surface area contributed by atoms with Gasteiger partial charge in [0.1, 0.15) is 0 Å². The fraction of sp³-hybridized carbons (Fsp3) is 0.462. The van der Waals surface area contributed by atoms with E-state index in [0.29, 0.717) is 19.5 Å². The molecule has 1 aliphatic heterocycles. The van der Waals surface area contributed by atoms with Gasteiger partial charge in [-0.2, -0.15) is 5.10 Å². The molecule has 1 amide bonds. The lowest BCUT2D eigenvalue weighted by Crippen LogP contribution is -2.48. The summed E-state index contributed by atoms with van der Waals surface area (Å²) >= 11 is 0. The highest BCUT2D eigenvalue weighted by molar-refractivity contribution is 5.82. The van der Waals surface area contributed by atoms with Gasteiger partial charge in [0.25, 0.3) is 0 Å². The molecule has 0 radical (unpaired) electrons.